The molecule has 0 aliphatic heterocycles. The van der Waals surface area contributed by atoms with E-state index in [0.29, 0.717) is 45.3 Å². The molecule has 4 aromatic rings. The first kappa shape index (κ1) is 51.9. The van der Waals surface area contributed by atoms with Gasteiger partial charge >= 0.3 is 5.97 Å². The molecule has 4 aromatic carbocycles. The fraction of sp³-hybridized carbons (Fsp3) is 0.509. The number of hydrogen-bond donors (Lipinski definition) is 3. The van der Waals surface area contributed by atoms with E-state index >= 15 is 0 Å². The number of hydrogen-bond acceptors (Lipinski definition) is 8. The van der Waals surface area contributed by atoms with Crippen LogP contribution in [0.3, 0.4) is 0 Å². The lowest BCUT2D eigenvalue weighted by Gasteiger charge is -2.45. The van der Waals surface area contributed by atoms with E-state index in [4.69, 9.17) is 13.6 Å². The lowest BCUT2D eigenvalue weighted by atomic mass is 9.68. The zero-order valence-electron chi connectivity index (χ0n) is 39.6. The van der Waals surface area contributed by atoms with Gasteiger partial charge in [0, 0.05) is 26.1 Å². The van der Waals surface area contributed by atoms with Crippen LogP contribution < -0.4 is 20.7 Å². The van der Waals surface area contributed by atoms with Crippen molar-refractivity contribution in [2.45, 2.75) is 122 Å². The first-order valence-electron chi connectivity index (χ1n) is 22.9. The smallest absolute Gasteiger partial charge is 0.305 e. The van der Waals surface area contributed by atoms with E-state index in [9.17, 15) is 24.9 Å². The molecule has 0 radical (unpaired) electrons. The monoisotopic (exact) mass is 897 g/mol. The van der Waals surface area contributed by atoms with Crippen LogP contribution in [-0.2, 0) is 23.2 Å². The summed E-state index contributed by atoms with van der Waals surface area (Å²) in [4.78, 5) is 24.4. The van der Waals surface area contributed by atoms with Gasteiger partial charge in [0.05, 0.1) is 31.3 Å². The van der Waals surface area contributed by atoms with E-state index < -0.39 is 27.7 Å². The SMILES string of the molecule is CC[C@@](O)(CO)C[C@@H](CCC(=O)OC)CO[Si](c1ccccc1)(c1ccccc1)C(C)(C)C.CC[C@@]1(CO)C[C@H](CO[Si](c2ccccc2)(c2ccccc2)C(C)(C)C)CCC1=O. The van der Waals surface area contributed by atoms with Crippen molar-refractivity contribution in [1.82, 2.24) is 0 Å². The Bertz CT molecular complexity index is 1880. The van der Waals surface area contributed by atoms with Gasteiger partial charge in [0.15, 0.2) is 0 Å². The first-order valence-corrected chi connectivity index (χ1v) is 26.8. The quantitative estimate of drug-likeness (QED) is 0.0641. The molecule has 0 heterocycles. The van der Waals surface area contributed by atoms with E-state index in [0.717, 1.165) is 12.8 Å². The lowest BCUT2D eigenvalue weighted by molar-refractivity contribution is -0.141. The summed E-state index contributed by atoms with van der Waals surface area (Å²) < 4.78 is 18.9. The summed E-state index contributed by atoms with van der Waals surface area (Å²) in [7, 11) is -3.92. The predicted octanol–water partition coefficient (Wildman–Crippen LogP) is 7.98. The molecule has 344 valence electrons. The van der Waals surface area contributed by atoms with Crippen LogP contribution in [0.5, 0.6) is 0 Å². The average Bonchev–Trinajstić information content (AvgIpc) is 3.29. The van der Waals surface area contributed by atoms with Gasteiger partial charge in [-0.2, -0.15) is 0 Å². The molecule has 10 heteroatoms. The first-order chi connectivity index (χ1) is 29.9. The zero-order chi connectivity index (χ0) is 46.4. The maximum atomic E-state index is 12.5. The van der Waals surface area contributed by atoms with E-state index in [1.807, 2.05) is 50.2 Å². The summed E-state index contributed by atoms with van der Waals surface area (Å²) in [5, 5.41) is 35.3. The van der Waals surface area contributed by atoms with Gasteiger partial charge < -0.3 is 28.9 Å². The van der Waals surface area contributed by atoms with Gasteiger partial charge in [-0.25, -0.2) is 0 Å². The standard InChI is InChI=1S/C27H40O5Si.C26H36O3Si/c1-6-27(30,21-28)19-22(17-18-25(29)31-5)20-32-33(26(2,3)4,23-13-9-7-10-14-23)24-15-11-8-12-16-24;1-5-26(20-27)18-21(16-17-24(26)28)19-29-30(25(2,3)4,22-12-8-6-9-13-22)23-14-10-7-11-15-23/h7-16,22,28,30H,6,17-21H2,1-5H3;6-15,21,27H,5,16-20H2,1-4H3/t22-,27+;21-,26+/m11/s1. The minimum absolute atomic E-state index is 0.0565. The highest BCUT2D eigenvalue weighted by atomic mass is 28.4. The van der Waals surface area contributed by atoms with Gasteiger partial charge in [0.25, 0.3) is 16.6 Å². The molecule has 0 unspecified atom stereocenters. The van der Waals surface area contributed by atoms with Gasteiger partial charge in [-0.1, -0.05) is 177 Å². The van der Waals surface area contributed by atoms with Crippen molar-refractivity contribution < 1.29 is 38.5 Å². The highest BCUT2D eigenvalue weighted by Gasteiger charge is 2.52. The number of benzene rings is 4. The van der Waals surface area contributed by atoms with Gasteiger partial charge in [0.1, 0.15) is 5.78 Å². The Morgan fingerprint density at radius 1 is 0.730 bits per heavy atom. The van der Waals surface area contributed by atoms with Crippen molar-refractivity contribution in [2.75, 3.05) is 33.5 Å². The van der Waals surface area contributed by atoms with Crippen LogP contribution in [0.2, 0.25) is 10.1 Å². The maximum absolute atomic E-state index is 12.5. The minimum atomic E-state index is -2.73. The summed E-state index contributed by atoms with van der Waals surface area (Å²) in [6.07, 6.45) is 4.35. The van der Waals surface area contributed by atoms with E-state index in [-0.39, 0.29) is 53.3 Å². The maximum Gasteiger partial charge on any atom is 0.305 e. The minimum Gasteiger partial charge on any atom is -0.469 e. The van der Waals surface area contributed by atoms with Gasteiger partial charge in [-0.05, 0) is 81.2 Å². The molecular weight excluding hydrogens is 821 g/mol. The number of Topliss-reactive ketones (excluding diaryl/α,β-unsaturated/α-hetero) is 1. The summed E-state index contributed by atoms with van der Waals surface area (Å²) >= 11 is 0. The molecule has 0 bridgehead atoms. The van der Waals surface area contributed by atoms with Crippen LogP contribution in [0.25, 0.3) is 0 Å². The molecule has 0 spiro atoms. The largest absolute Gasteiger partial charge is 0.469 e. The predicted molar refractivity (Wildman–Crippen MR) is 261 cm³/mol. The van der Waals surface area contributed by atoms with Crippen LogP contribution in [0.15, 0.2) is 121 Å². The summed E-state index contributed by atoms with van der Waals surface area (Å²) in [5.74, 6) is 0.114. The van der Waals surface area contributed by atoms with Gasteiger partial charge in [-0.15, -0.1) is 0 Å². The highest BCUT2D eigenvalue weighted by molar-refractivity contribution is 7.00. The van der Waals surface area contributed by atoms with Gasteiger partial charge in [0.2, 0.25) is 0 Å². The molecule has 63 heavy (non-hydrogen) atoms. The number of ketones is 1. The van der Waals surface area contributed by atoms with Crippen LogP contribution in [0, 0.1) is 17.3 Å². The third-order valence-corrected chi connectivity index (χ3v) is 23.5. The Hall–Kier alpha value is -3.75. The molecular formula is C53H76O8Si2. The lowest BCUT2D eigenvalue weighted by Crippen LogP contribution is -2.67. The van der Waals surface area contributed by atoms with E-state index in [1.165, 1.54) is 27.9 Å². The number of carbonyl (C=O) groups excluding carboxylic acids is 2. The van der Waals surface area contributed by atoms with Crippen LogP contribution in [-0.4, -0.2) is 82.8 Å². The Morgan fingerprint density at radius 2 is 1.16 bits per heavy atom. The molecule has 1 aliphatic rings. The topological polar surface area (TPSA) is 123 Å². The van der Waals surface area contributed by atoms with Crippen LogP contribution in [0.1, 0.15) is 107 Å². The molecule has 1 saturated carbocycles. The second-order valence-electron chi connectivity index (χ2n) is 19.7. The third-order valence-electron chi connectivity index (χ3n) is 13.5. The molecule has 1 fully saturated rings. The van der Waals surface area contributed by atoms with Crippen molar-refractivity contribution in [3.8, 4) is 0 Å². The van der Waals surface area contributed by atoms with Crippen molar-refractivity contribution >= 4 is 49.1 Å². The normalized spacial score (nSPS) is 18.7. The fourth-order valence-corrected chi connectivity index (χ4v) is 18.9. The number of methoxy groups -OCH3 is 1. The zero-order valence-corrected chi connectivity index (χ0v) is 41.6. The summed E-state index contributed by atoms with van der Waals surface area (Å²) in [6, 6.07) is 42.1. The van der Waals surface area contributed by atoms with Crippen LogP contribution in [0.4, 0.5) is 0 Å². The molecule has 1 aliphatic carbocycles. The van der Waals surface area contributed by atoms with Crippen molar-refractivity contribution in [3.63, 3.8) is 0 Å². The Balaban J connectivity index is 0.000000278. The fourth-order valence-electron chi connectivity index (χ4n) is 9.65. The molecule has 4 atom stereocenters. The van der Waals surface area contributed by atoms with Crippen molar-refractivity contribution in [1.29, 1.82) is 0 Å². The number of aliphatic hydroxyl groups excluding tert-OH is 2. The summed E-state index contributed by atoms with van der Waals surface area (Å²) in [5.41, 5.74) is -1.78. The molecule has 5 rings (SSSR count). The Kier molecular flexibility index (Phi) is 18.9. The van der Waals surface area contributed by atoms with E-state index in [1.54, 1.807) is 0 Å². The number of ether oxygens (including phenoxy) is 1. The van der Waals surface area contributed by atoms with Crippen LogP contribution >= 0.6 is 0 Å². The van der Waals surface area contributed by atoms with Gasteiger partial charge in [-0.3, -0.25) is 9.59 Å². The average molecular weight is 897 g/mol. The second kappa shape index (κ2) is 22.9. The summed E-state index contributed by atoms with van der Waals surface area (Å²) in [6.45, 7) is 18.0. The van der Waals surface area contributed by atoms with Crippen molar-refractivity contribution in [2.24, 2.45) is 17.3 Å². The number of esters is 1. The van der Waals surface area contributed by atoms with Crippen molar-refractivity contribution in [3.05, 3.63) is 121 Å². The molecule has 8 nitrogen and oxygen atoms in total. The number of rotatable bonds is 19. The highest BCUT2D eigenvalue weighted by Crippen LogP contribution is 2.42. The molecule has 3 N–H and O–H groups in total. The Morgan fingerprint density at radius 3 is 1.51 bits per heavy atom. The number of aliphatic hydroxyl groups is 3. The second-order valence-corrected chi connectivity index (χ2v) is 28.3. The molecule has 0 saturated heterocycles. The van der Waals surface area contributed by atoms with E-state index in [2.05, 4.69) is 126 Å². The third kappa shape index (κ3) is 12.3. The Labute approximate surface area is 380 Å². The number of carbonyl (C=O) groups is 2. The molecule has 0 amide bonds. The molecule has 0 aromatic heterocycles.